The molecule has 0 spiro atoms. The second-order valence-corrected chi connectivity index (χ2v) is 7.44. The minimum absolute atomic E-state index is 0.0494. The molecule has 3 heterocycles. The molecule has 0 N–H and O–H groups in total. The highest BCUT2D eigenvalue weighted by atomic mass is 16.5. The third kappa shape index (κ3) is 4.60. The number of ether oxygens (including phenoxy) is 1. The van der Waals surface area contributed by atoms with Crippen LogP contribution in [-0.4, -0.2) is 53.2 Å². The van der Waals surface area contributed by atoms with Gasteiger partial charge >= 0.3 is 0 Å². The first kappa shape index (κ1) is 20.3. The number of benzene rings is 1. The van der Waals surface area contributed by atoms with Gasteiger partial charge in [0.15, 0.2) is 11.6 Å². The predicted octanol–water partition coefficient (Wildman–Crippen LogP) is 2.50. The maximum atomic E-state index is 11.9. The molecule has 0 aliphatic carbocycles. The second kappa shape index (κ2) is 9.23. The standard InChI is InChI=1S/C22H26N4O4/c1-16(22-23-20(24-30-22)14-17-6-4-3-5-7-17)26-11-9-25(10-12-26)15-19-21(28-2)18(27)8-13-29-19/h3-8,13,16H,9-12,14-15H2,1-2H3. The van der Waals surface area contributed by atoms with Crippen molar-refractivity contribution in [1.82, 2.24) is 19.9 Å². The first-order valence-electron chi connectivity index (χ1n) is 10.1. The summed E-state index contributed by atoms with van der Waals surface area (Å²) in [6.45, 7) is 6.04. The number of piperazine rings is 1. The van der Waals surface area contributed by atoms with Crippen LogP contribution in [0.25, 0.3) is 0 Å². The van der Waals surface area contributed by atoms with Crippen molar-refractivity contribution in [2.24, 2.45) is 0 Å². The van der Waals surface area contributed by atoms with E-state index < -0.39 is 0 Å². The van der Waals surface area contributed by atoms with Gasteiger partial charge in [0, 0.05) is 38.7 Å². The monoisotopic (exact) mass is 410 g/mol. The van der Waals surface area contributed by atoms with Crippen LogP contribution in [0.15, 0.2) is 56.4 Å². The topological polar surface area (TPSA) is 84.8 Å². The Hall–Kier alpha value is -2.97. The predicted molar refractivity (Wildman–Crippen MR) is 110 cm³/mol. The Kier molecular flexibility index (Phi) is 6.25. The zero-order chi connectivity index (χ0) is 20.9. The van der Waals surface area contributed by atoms with E-state index in [9.17, 15) is 4.79 Å². The van der Waals surface area contributed by atoms with Crippen molar-refractivity contribution < 1.29 is 13.7 Å². The Morgan fingerprint density at radius 2 is 1.90 bits per heavy atom. The largest absolute Gasteiger partial charge is 0.490 e. The lowest BCUT2D eigenvalue weighted by Gasteiger charge is -2.36. The molecule has 1 saturated heterocycles. The van der Waals surface area contributed by atoms with Gasteiger partial charge in [-0.1, -0.05) is 35.5 Å². The average molecular weight is 410 g/mol. The molecule has 0 bridgehead atoms. The highest BCUT2D eigenvalue weighted by Gasteiger charge is 2.26. The molecule has 158 valence electrons. The molecular weight excluding hydrogens is 384 g/mol. The smallest absolute Gasteiger partial charge is 0.243 e. The quantitative estimate of drug-likeness (QED) is 0.587. The summed E-state index contributed by atoms with van der Waals surface area (Å²) in [7, 11) is 1.49. The fourth-order valence-electron chi connectivity index (χ4n) is 3.72. The van der Waals surface area contributed by atoms with Crippen LogP contribution in [0.5, 0.6) is 5.75 Å². The van der Waals surface area contributed by atoms with E-state index in [1.165, 1.54) is 19.4 Å². The minimum atomic E-state index is -0.159. The van der Waals surface area contributed by atoms with E-state index >= 15 is 0 Å². The molecule has 8 nitrogen and oxygen atoms in total. The Morgan fingerprint density at radius 1 is 1.13 bits per heavy atom. The summed E-state index contributed by atoms with van der Waals surface area (Å²) in [6, 6.07) is 11.6. The van der Waals surface area contributed by atoms with Crippen LogP contribution in [0.4, 0.5) is 0 Å². The molecule has 1 fully saturated rings. The van der Waals surface area contributed by atoms with Gasteiger partial charge in [-0.2, -0.15) is 4.98 Å². The van der Waals surface area contributed by atoms with E-state index in [-0.39, 0.29) is 17.2 Å². The molecular formula is C22H26N4O4. The van der Waals surface area contributed by atoms with Crippen molar-refractivity contribution >= 4 is 0 Å². The molecule has 4 rings (SSSR count). The van der Waals surface area contributed by atoms with Gasteiger partial charge in [0.1, 0.15) is 0 Å². The summed E-state index contributed by atoms with van der Waals surface area (Å²) in [5.41, 5.74) is 1.00. The van der Waals surface area contributed by atoms with Gasteiger partial charge in [0.25, 0.3) is 0 Å². The number of rotatable bonds is 7. The van der Waals surface area contributed by atoms with Gasteiger partial charge < -0.3 is 13.7 Å². The Labute approximate surface area is 175 Å². The van der Waals surface area contributed by atoms with Gasteiger partial charge in [0.05, 0.1) is 26.0 Å². The van der Waals surface area contributed by atoms with Gasteiger partial charge in [-0.15, -0.1) is 0 Å². The maximum absolute atomic E-state index is 11.9. The van der Waals surface area contributed by atoms with E-state index in [0.29, 0.717) is 30.4 Å². The average Bonchev–Trinajstić information content (AvgIpc) is 3.23. The third-order valence-electron chi connectivity index (χ3n) is 5.48. The van der Waals surface area contributed by atoms with Gasteiger partial charge in [-0.3, -0.25) is 14.6 Å². The lowest BCUT2D eigenvalue weighted by atomic mass is 10.1. The van der Waals surface area contributed by atoms with Crippen LogP contribution in [0.2, 0.25) is 0 Å². The number of methoxy groups -OCH3 is 1. The lowest BCUT2D eigenvalue weighted by molar-refractivity contribution is 0.0796. The molecule has 30 heavy (non-hydrogen) atoms. The number of hydrogen-bond donors (Lipinski definition) is 0. The SMILES string of the molecule is COc1c(CN2CCN(C(C)c3nc(Cc4ccccc4)no3)CC2)occc1=O. The Morgan fingerprint density at radius 3 is 2.63 bits per heavy atom. The van der Waals surface area contributed by atoms with Crippen LogP contribution in [-0.2, 0) is 13.0 Å². The normalized spacial score (nSPS) is 16.5. The van der Waals surface area contributed by atoms with E-state index in [2.05, 4.69) is 39.0 Å². The van der Waals surface area contributed by atoms with Crippen molar-refractivity contribution in [2.45, 2.75) is 25.9 Å². The fourth-order valence-corrected chi connectivity index (χ4v) is 3.72. The number of aromatic nitrogens is 2. The maximum Gasteiger partial charge on any atom is 0.243 e. The van der Waals surface area contributed by atoms with Crippen molar-refractivity contribution in [3.8, 4) is 5.75 Å². The molecule has 0 saturated carbocycles. The van der Waals surface area contributed by atoms with Gasteiger partial charge in [0.2, 0.25) is 17.1 Å². The third-order valence-corrected chi connectivity index (χ3v) is 5.48. The molecule has 2 aromatic heterocycles. The Balaban J connectivity index is 1.33. The van der Waals surface area contributed by atoms with E-state index in [4.69, 9.17) is 13.7 Å². The second-order valence-electron chi connectivity index (χ2n) is 7.44. The number of hydrogen-bond acceptors (Lipinski definition) is 8. The van der Waals surface area contributed by atoms with Crippen molar-refractivity contribution in [1.29, 1.82) is 0 Å². The summed E-state index contributed by atoms with van der Waals surface area (Å²) in [5.74, 6) is 2.19. The van der Waals surface area contributed by atoms with Crippen molar-refractivity contribution in [3.63, 3.8) is 0 Å². The lowest BCUT2D eigenvalue weighted by Crippen LogP contribution is -2.46. The van der Waals surface area contributed by atoms with Crippen molar-refractivity contribution in [2.75, 3.05) is 33.3 Å². The molecule has 1 atom stereocenters. The summed E-state index contributed by atoms with van der Waals surface area (Å²) in [6.07, 6.45) is 2.08. The summed E-state index contributed by atoms with van der Waals surface area (Å²) >= 11 is 0. The number of nitrogens with zero attached hydrogens (tertiary/aromatic N) is 4. The first-order chi connectivity index (χ1) is 14.6. The van der Waals surface area contributed by atoms with Crippen LogP contribution in [0, 0.1) is 0 Å². The van der Waals surface area contributed by atoms with Crippen LogP contribution in [0.3, 0.4) is 0 Å². The van der Waals surface area contributed by atoms with Gasteiger partial charge in [-0.25, -0.2) is 0 Å². The fraction of sp³-hybridized carbons (Fsp3) is 0.409. The summed E-state index contributed by atoms with van der Waals surface area (Å²) < 4.78 is 16.3. The van der Waals surface area contributed by atoms with Gasteiger partial charge in [-0.05, 0) is 12.5 Å². The molecule has 1 unspecified atom stereocenters. The Bertz CT molecular complexity index is 1010. The molecule has 8 heteroatoms. The van der Waals surface area contributed by atoms with Crippen LogP contribution >= 0.6 is 0 Å². The highest BCUT2D eigenvalue weighted by molar-refractivity contribution is 5.24. The molecule has 1 aliphatic heterocycles. The zero-order valence-corrected chi connectivity index (χ0v) is 17.3. The summed E-state index contributed by atoms with van der Waals surface area (Å²) in [5, 5.41) is 4.15. The highest BCUT2D eigenvalue weighted by Crippen LogP contribution is 2.22. The minimum Gasteiger partial charge on any atom is -0.490 e. The molecule has 0 amide bonds. The first-order valence-corrected chi connectivity index (χ1v) is 10.1. The molecule has 3 aromatic rings. The van der Waals surface area contributed by atoms with Crippen molar-refractivity contribution in [3.05, 3.63) is 75.9 Å². The molecule has 0 radical (unpaired) electrons. The van der Waals surface area contributed by atoms with Crippen LogP contribution in [0.1, 0.15) is 36.0 Å². The summed E-state index contributed by atoms with van der Waals surface area (Å²) in [4.78, 5) is 21.1. The van der Waals surface area contributed by atoms with E-state index in [1.807, 2.05) is 18.2 Å². The molecule has 1 aromatic carbocycles. The van der Waals surface area contributed by atoms with E-state index in [1.54, 1.807) is 0 Å². The molecule has 1 aliphatic rings. The zero-order valence-electron chi connectivity index (χ0n) is 17.3. The van der Waals surface area contributed by atoms with E-state index in [0.717, 1.165) is 31.7 Å². The van der Waals surface area contributed by atoms with Crippen LogP contribution < -0.4 is 10.2 Å².